The summed E-state index contributed by atoms with van der Waals surface area (Å²) in [6.45, 7) is 6.82. The first-order valence-electron chi connectivity index (χ1n) is 8.89. The molecule has 1 rings (SSSR count). The second-order valence-corrected chi connectivity index (χ2v) is 6.70. The summed E-state index contributed by atoms with van der Waals surface area (Å²) in [7, 11) is 0. The second-order valence-electron chi connectivity index (χ2n) is 5.23. The molecule has 0 radical (unpaired) electrons. The number of ether oxygens (including phenoxy) is 6. The van der Waals surface area contributed by atoms with Crippen LogP contribution in [0.25, 0.3) is 0 Å². The van der Waals surface area contributed by atoms with Crippen molar-refractivity contribution in [1.82, 2.24) is 9.97 Å². The topological polar surface area (TPSA) is 84.1 Å². The van der Waals surface area contributed by atoms with Crippen LogP contribution in [0.2, 0.25) is 0 Å². The molecule has 0 amide bonds. The highest BCUT2D eigenvalue weighted by molar-refractivity contribution is 14.1. The van der Waals surface area contributed by atoms with Crippen molar-refractivity contribution in [3.8, 4) is 0 Å². The van der Waals surface area contributed by atoms with Gasteiger partial charge in [0.05, 0.1) is 79.3 Å². The van der Waals surface area contributed by atoms with Crippen LogP contribution in [0.15, 0.2) is 12.4 Å². The predicted octanol–water partition coefficient (Wildman–Crippen LogP) is 2.17. The Kier molecular flexibility index (Phi) is 17.6. The average Bonchev–Trinajstić information content (AvgIpc) is 2.68. The summed E-state index contributed by atoms with van der Waals surface area (Å²) < 4.78 is 33.9. The Labute approximate surface area is 179 Å². The summed E-state index contributed by atoms with van der Waals surface area (Å²) in [4.78, 5) is 6.85. The van der Waals surface area contributed by atoms with E-state index in [9.17, 15) is 0 Å². The maximum Gasteiger partial charge on any atom is 0.196 e. The maximum absolute atomic E-state index is 5.48. The molecule has 156 valence electrons. The number of alkyl halides is 1. The molecule has 0 fully saturated rings. The quantitative estimate of drug-likeness (QED) is 0.130. The van der Waals surface area contributed by atoms with Gasteiger partial charge in [-0.2, -0.15) is 0 Å². The average molecular weight is 516 g/mol. The fourth-order valence-corrected chi connectivity index (χ4v) is 2.22. The minimum Gasteiger partial charge on any atom is -0.378 e. The Balaban J connectivity index is 1.72. The lowest BCUT2D eigenvalue weighted by Crippen LogP contribution is -2.14. The summed E-state index contributed by atoms with van der Waals surface area (Å²) in [6.07, 6.45) is 3.49. The number of H-pyrrole nitrogens is 1. The number of halogens is 1. The lowest BCUT2D eigenvalue weighted by Gasteiger charge is -2.08. The van der Waals surface area contributed by atoms with Crippen molar-refractivity contribution in [3.05, 3.63) is 22.7 Å². The maximum atomic E-state index is 5.48. The van der Waals surface area contributed by atoms with Gasteiger partial charge in [0.2, 0.25) is 0 Å². The van der Waals surface area contributed by atoms with Crippen LogP contribution in [0.3, 0.4) is 0 Å². The lowest BCUT2D eigenvalue weighted by atomic mass is 10.4. The zero-order chi connectivity index (χ0) is 19.4. The molecule has 0 aliphatic rings. The summed E-state index contributed by atoms with van der Waals surface area (Å²) in [6, 6.07) is 0. The molecular formula is C17H29IN2O6S. The molecule has 0 saturated carbocycles. The Morgan fingerprint density at radius 3 is 1.59 bits per heavy atom. The van der Waals surface area contributed by atoms with Crippen LogP contribution in [-0.4, -0.2) is 87.1 Å². The number of hydrogen-bond acceptors (Lipinski definition) is 8. The zero-order valence-corrected chi connectivity index (χ0v) is 18.5. The van der Waals surface area contributed by atoms with Gasteiger partial charge in [-0.1, -0.05) is 22.6 Å². The van der Waals surface area contributed by atoms with Crippen LogP contribution >= 0.6 is 34.8 Å². The van der Waals surface area contributed by atoms with Gasteiger partial charge in [0.25, 0.3) is 0 Å². The van der Waals surface area contributed by atoms with E-state index in [1.165, 1.54) is 0 Å². The third kappa shape index (κ3) is 16.4. The monoisotopic (exact) mass is 516 g/mol. The smallest absolute Gasteiger partial charge is 0.196 e. The lowest BCUT2D eigenvalue weighted by molar-refractivity contribution is -0.0170. The van der Waals surface area contributed by atoms with Crippen molar-refractivity contribution in [2.75, 3.05) is 77.1 Å². The van der Waals surface area contributed by atoms with E-state index in [0.717, 1.165) is 16.6 Å². The van der Waals surface area contributed by atoms with Crippen molar-refractivity contribution in [1.29, 1.82) is 0 Å². The van der Waals surface area contributed by atoms with Crippen molar-refractivity contribution in [3.63, 3.8) is 0 Å². The van der Waals surface area contributed by atoms with E-state index in [4.69, 9.17) is 40.6 Å². The molecule has 0 bridgehead atoms. The van der Waals surface area contributed by atoms with Gasteiger partial charge in [0.15, 0.2) is 4.77 Å². The molecule has 1 aromatic heterocycles. The molecule has 0 atom stereocenters. The molecule has 8 nitrogen and oxygen atoms in total. The number of nitrogens with one attached hydrogen (secondary N) is 1. The molecule has 0 aliphatic carbocycles. The van der Waals surface area contributed by atoms with Crippen LogP contribution in [0.4, 0.5) is 0 Å². The van der Waals surface area contributed by atoms with Crippen molar-refractivity contribution in [2.45, 2.75) is 6.61 Å². The van der Waals surface area contributed by atoms with E-state index in [0.29, 0.717) is 77.4 Å². The zero-order valence-electron chi connectivity index (χ0n) is 15.5. The van der Waals surface area contributed by atoms with Gasteiger partial charge in [0.1, 0.15) is 0 Å². The number of nitrogens with zero attached hydrogens (tertiary/aromatic N) is 1. The van der Waals surface area contributed by atoms with E-state index in [-0.39, 0.29) is 0 Å². The number of rotatable bonds is 19. The van der Waals surface area contributed by atoms with Crippen LogP contribution in [0.1, 0.15) is 5.56 Å². The molecular weight excluding hydrogens is 487 g/mol. The predicted molar refractivity (Wildman–Crippen MR) is 112 cm³/mol. The SMILES string of the molecule is S=c1ncc(COCCOCCOCCOCCOCCOCCI)c[nH]1. The first-order valence-corrected chi connectivity index (χ1v) is 10.8. The highest BCUT2D eigenvalue weighted by atomic mass is 127. The normalized spacial score (nSPS) is 11.1. The fourth-order valence-electron chi connectivity index (χ4n) is 1.79. The van der Waals surface area contributed by atoms with Crippen molar-refractivity contribution >= 4 is 34.8 Å². The van der Waals surface area contributed by atoms with Gasteiger partial charge < -0.3 is 33.4 Å². The van der Waals surface area contributed by atoms with E-state index >= 15 is 0 Å². The van der Waals surface area contributed by atoms with Gasteiger partial charge in [-0.25, -0.2) is 4.98 Å². The molecule has 1 aromatic rings. The summed E-state index contributed by atoms with van der Waals surface area (Å²) in [5, 5.41) is 0. The van der Waals surface area contributed by atoms with Crippen LogP contribution < -0.4 is 0 Å². The van der Waals surface area contributed by atoms with Crippen molar-refractivity contribution in [2.24, 2.45) is 0 Å². The molecule has 0 aliphatic heterocycles. The second kappa shape index (κ2) is 19.1. The highest BCUT2D eigenvalue weighted by Gasteiger charge is 1.95. The van der Waals surface area contributed by atoms with Gasteiger partial charge in [-0.3, -0.25) is 0 Å². The molecule has 0 aromatic carbocycles. The molecule has 10 heteroatoms. The van der Waals surface area contributed by atoms with Gasteiger partial charge in [0, 0.05) is 22.4 Å². The largest absolute Gasteiger partial charge is 0.378 e. The number of hydrogen-bond donors (Lipinski definition) is 1. The Bertz CT molecular complexity index is 488. The first-order chi connectivity index (χ1) is 13.3. The third-order valence-corrected chi connectivity index (χ3v) is 3.74. The van der Waals surface area contributed by atoms with Gasteiger partial charge >= 0.3 is 0 Å². The molecule has 0 saturated heterocycles. The first kappa shape index (κ1) is 24.8. The highest BCUT2D eigenvalue weighted by Crippen LogP contribution is 1.96. The molecule has 0 spiro atoms. The Morgan fingerprint density at radius 1 is 0.741 bits per heavy atom. The number of aromatic nitrogens is 2. The fraction of sp³-hybridized carbons (Fsp3) is 0.765. The number of aromatic amines is 1. The molecule has 27 heavy (non-hydrogen) atoms. The summed E-state index contributed by atoms with van der Waals surface area (Å²) in [5.41, 5.74) is 0.946. The Morgan fingerprint density at radius 2 is 1.19 bits per heavy atom. The molecule has 1 N–H and O–H groups in total. The van der Waals surface area contributed by atoms with Gasteiger partial charge in [-0.15, -0.1) is 0 Å². The van der Waals surface area contributed by atoms with E-state index < -0.39 is 0 Å². The standard InChI is InChI=1S/C17H29IN2O6S/c18-1-2-21-3-4-22-5-6-23-7-8-24-9-10-25-11-12-26-15-16-13-19-17(27)20-14-16/h13-14H,1-12,15H2,(H,19,20,27). The Hall–Kier alpha value is -0.210. The summed E-state index contributed by atoms with van der Waals surface area (Å²) >= 11 is 7.15. The van der Waals surface area contributed by atoms with Gasteiger partial charge in [-0.05, 0) is 12.2 Å². The van der Waals surface area contributed by atoms with Crippen LogP contribution in [0.5, 0.6) is 0 Å². The van der Waals surface area contributed by atoms with E-state index in [1.807, 2.05) is 0 Å². The third-order valence-electron chi connectivity index (χ3n) is 3.08. The van der Waals surface area contributed by atoms with Crippen LogP contribution in [-0.2, 0) is 35.0 Å². The van der Waals surface area contributed by atoms with E-state index in [2.05, 4.69) is 32.6 Å². The minimum atomic E-state index is 0.466. The molecule has 1 heterocycles. The summed E-state index contributed by atoms with van der Waals surface area (Å²) in [5.74, 6) is 0. The minimum absolute atomic E-state index is 0.466. The van der Waals surface area contributed by atoms with Crippen molar-refractivity contribution < 1.29 is 28.4 Å². The van der Waals surface area contributed by atoms with Crippen LogP contribution in [0, 0.1) is 4.77 Å². The van der Waals surface area contributed by atoms with E-state index in [1.54, 1.807) is 12.4 Å². The molecule has 0 unspecified atom stereocenters.